The Morgan fingerprint density at radius 2 is 1.50 bits per heavy atom. The summed E-state index contributed by atoms with van der Waals surface area (Å²) >= 11 is 0. The van der Waals surface area contributed by atoms with Crippen LogP contribution in [0.25, 0.3) is 0 Å². The molecule has 4 fully saturated rings. The van der Waals surface area contributed by atoms with Crippen molar-refractivity contribution < 1.29 is 23.1 Å². The van der Waals surface area contributed by atoms with E-state index in [1.807, 2.05) is 0 Å². The summed E-state index contributed by atoms with van der Waals surface area (Å²) in [6.45, 7) is 5.73. The molecule has 4 saturated carbocycles. The van der Waals surface area contributed by atoms with Crippen LogP contribution in [0.1, 0.15) is 59.3 Å². The van der Waals surface area contributed by atoms with Crippen LogP contribution in [0.4, 0.5) is 0 Å². The van der Waals surface area contributed by atoms with E-state index in [-0.39, 0.29) is 24.6 Å². The fourth-order valence-corrected chi connectivity index (χ4v) is 6.61. The van der Waals surface area contributed by atoms with Gasteiger partial charge in [-0.25, -0.2) is 0 Å². The fraction of sp³-hybridized carbons (Fsp3) is 0.833. The standard InChI is InChI=1S/C18H29O5P/c1-4-22-24(20,23-5-2)13(3)12-21-17(19)18-9-14-6-15(10-18)8-16(7-14)11-18/h12,14-16H,4-11H2,1-3H3. The monoisotopic (exact) mass is 356 g/mol. The van der Waals surface area contributed by atoms with E-state index in [4.69, 9.17) is 13.8 Å². The summed E-state index contributed by atoms with van der Waals surface area (Å²) in [4.78, 5) is 12.8. The zero-order chi connectivity index (χ0) is 17.4. The summed E-state index contributed by atoms with van der Waals surface area (Å²) in [7, 11) is -3.35. The van der Waals surface area contributed by atoms with Gasteiger partial charge in [-0.15, -0.1) is 0 Å². The molecule has 0 aromatic heterocycles. The van der Waals surface area contributed by atoms with Crippen LogP contribution in [0.3, 0.4) is 0 Å². The van der Waals surface area contributed by atoms with Crippen molar-refractivity contribution >= 4 is 13.6 Å². The predicted molar refractivity (Wildman–Crippen MR) is 91.3 cm³/mol. The van der Waals surface area contributed by atoms with Crippen LogP contribution < -0.4 is 0 Å². The van der Waals surface area contributed by atoms with Crippen LogP contribution >= 0.6 is 7.60 Å². The predicted octanol–water partition coefficient (Wildman–Crippen LogP) is 4.87. The first-order chi connectivity index (χ1) is 11.4. The van der Waals surface area contributed by atoms with Gasteiger partial charge >= 0.3 is 13.6 Å². The smallest absolute Gasteiger partial charge is 0.360 e. The molecule has 0 atom stereocenters. The number of carbonyl (C=O) groups excluding carboxylic acids is 1. The summed E-state index contributed by atoms with van der Waals surface area (Å²) in [6, 6.07) is 0. The van der Waals surface area contributed by atoms with E-state index in [0.717, 1.165) is 19.3 Å². The maximum Gasteiger partial charge on any atom is 0.360 e. The van der Waals surface area contributed by atoms with Crippen molar-refractivity contribution in [2.75, 3.05) is 13.2 Å². The Hall–Kier alpha value is -0.640. The number of carbonyl (C=O) groups is 1. The Balaban J connectivity index is 1.69. The largest absolute Gasteiger partial charge is 0.433 e. The number of ether oxygens (including phenoxy) is 1. The van der Waals surface area contributed by atoms with Gasteiger partial charge in [-0.05, 0) is 77.0 Å². The molecule has 5 nitrogen and oxygen atoms in total. The Morgan fingerprint density at radius 1 is 1.04 bits per heavy atom. The van der Waals surface area contributed by atoms with Crippen LogP contribution in [0.5, 0.6) is 0 Å². The van der Waals surface area contributed by atoms with Gasteiger partial charge in [0, 0.05) is 0 Å². The number of esters is 1. The summed E-state index contributed by atoms with van der Waals surface area (Å²) < 4.78 is 28.7. The van der Waals surface area contributed by atoms with Crippen LogP contribution in [0.15, 0.2) is 11.6 Å². The maximum atomic E-state index is 12.8. The van der Waals surface area contributed by atoms with Crippen LogP contribution in [0.2, 0.25) is 0 Å². The van der Waals surface area contributed by atoms with Gasteiger partial charge in [-0.1, -0.05) is 0 Å². The molecule has 6 heteroatoms. The lowest BCUT2D eigenvalue weighted by molar-refractivity contribution is -0.165. The Kier molecular flexibility index (Phi) is 5.25. The summed E-state index contributed by atoms with van der Waals surface area (Å²) in [5, 5.41) is 0.351. The van der Waals surface area contributed by atoms with Gasteiger partial charge in [-0.3, -0.25) is 9.36 Å². The minimum atomic E-state index is -3.35. The van der Waals surface area contributed by atoms with E-state index in [1.165, 1.54) is 25.5 Å². The molecular formula is C18H29O5P. The second kappa shape index (κ2) is 6.93. The van der Waals surface area contributed by atoms with Crippen LogP contribution in [0, 0.1) is 23.2 Å². The van der Waals surface area contributed by atoms with Crippen molar-refractivity contribution in [3.63, 3.8) is 0 Å². The van der Waals surface area contributed by atoms with E-state index >= 15 is 0 Å². The Labute approximate surface area is 144 Å². The molecule has 0 saturated heterocycles. The quantitative estimate of drug-likeness (QED) is 0.370. The van der Waals surface area contributed by atoms with Crippen molar-refractivity contribution in [1.29, 1.82) is 0 Å². The highest BCUT2D eigenvalue weighted by molar-refractivity contribution is 7.58. The lowest BCUT2D eigenvalue weighted by Gasteiger charge is -2.55. The molecule has 4 aliphatic rings. The minimum Gasteiger partial charge on any atom is -0.433 e. The summed E-state index contributed by atoms with van der Waals surface area (Å²) in [6.07, 6.45) is 8.02. The van der Waals surface area contributed by atoms with E-state index in [1.54, 1.807) is 20.8 Å². The molecule has 0 radical (unpaired) electrons. The number of rotatable bonds is 7. The molecule has 0 aromatic carbocycles. The van der Waals surface area contributed by atoms with E-state index in [0.29, 0.717) is 23.1 Å². The van der Waals surface area contributed by atoms with Crippen molar-refractivity contribution in [2.45, 2.75) is 59.3 Å². The lowest BCUT2D eigenvalue weighted by atomic mass is 9.49. The number of hydrogen-bond donors (Lipinski definition) is 0. The third-order valence-corrected chi connectivity index (χ3v) is 8.00. The first kappa shape index (κ1) is 18.2. The first-order valence-corrected chi connectivity index (χ1v) is 10.7. The molecule has 0 unspecified atom stereocenters. The molecule has 0 spiro atoms. The third-order valence-electron chi connectivity index (χ3n) is 5.84. The van der Waals surface area contributed by atoms with Crippen LogP contribution in [-0.2, 0) is 23.1 Å². The molecule has 0 amide bonds. The molecule has 24 heavy (non-hydrogen) atoms. The normalized spacial score (nSPS) is 35.3. The average Bonchev–Trinajstić information content (AvgIpc) is 2.51. The maximum absolute atomic E-state index is 12.8. The molecule has 4 aliphatic carbocycles. The molecule has 136 valence electrons. The Morgan fingerprint density at radius 3 is 1.92 bits per heavy atom. The molecule has 4 rings (SSSR count). The highest BCUT2D eigenvalue weighted by Gasteiger charge is 2.55. The van der Waals surface area contributed by atoms with E-state index in [9.17, 15) is 9.36 Å². The molecule has 0 aliphatic heterocycles. The highest BCUT2D eigenvalue weighted by Crippen LogP contribution is 2.61. The van der Waals surface area contributed by atoms with E-state index < -0.39 is 7.60 Å². The fourth-order valence-electron chi connectivity index (χ4n) is 5.27. The molecule has 0 aromatic rings. The molecule has 0 heterocycles. The van der Waals surface area contributed by atoms with Gasteiger partial charge in [0.1, 0.15) is 6.26 Å². The second-order valence-corrected chi connectivity index (χ2v) is 9.91. The third kappa shape index (κ3) is 3.36. The molecule has 0 N–H and O–H groups in total. The number of hydrogen-bond acceptors (Lipinski definition) is 5. The van der Waals surface area contributed by atoms with Crippen LogP contribution in [-0.4, -0.2) is 19.2 Å². The van der Waals surface area contributed by atoms with Gasteiger partial charge in [0.2, 0.25) is 0 Å². The van der Waals surface area contributed by atoms with E-state index in [2.05, 4.69) is 0 Å². The van der Waals surface area contributed by atoms with Crippen molar-refractivity contribution in [3.05, 3.63) is 11.6 Å². The van der Waals surface area contributed by atoms with Crippen molar-refractivity contribution in [2.24, 2.45) is 23.2 Å². The highest BCUT2D eigenvalue weighted by atomic mass is 31.2. The van der Waals surface area contributed by atoms with Gasteiger partial charge in [0.05, 0.1) is 23.9 Å². The van der Waals surface area contributed by atoms with Crippen molar-refractivity contribution in [1.82, 2.24) is 0 Å². The lowest BCUT2D eigenvalue weighted by Crippen LogP contribution is -2.50. The zero-order valence-electron chi connectivity index (χ0n) is 15.0. The number of allylic oxidation sites excluding steroid dienone is 1. The topological polar surface area (TPSA) is 61.8 Å². The van der Waals surface area contributed by atoms with Gasteiger partial charge in [0.25, 0.3) is 0 Å². The second-order valence-electron chi connectivity index (χ2n) is 7.70. The molecular weight excluding hydrogens is 327 g/mol. The summed E-state index contributed by atoms with van der Waals surface area (Å²) in [5.74, 6) is 1.91. The summed E-state index contributed by atoms with van der Waals surface area (Å²) in [5.41, 5.74) is -0.313. The van der Waals surface area contributed by atoms with Gasteiger partial charge in [0.15, 0.2) is 0 Å². The first-order valence-electron chi connectivity index (χ1n) is 9.18. The SMILES string of the molecule is CCOP(=O)(OCC)C(C)=COC(=O)C12CC3CC(CC(C3)C1)C2. The minimum absolute atomic E-state index is 0.152. The van der Waals surface area contributed by atoms with Gasteiger partial charge in [-0.2, -0.15) is 0 Å². The van der Waals surface area contributed by atoms with Crippen molar-refractivity contribution in [3.8, 4) is 0 Å². The Bertz CT molecular complexity index is 522. The van der Waals surface area contributed by atoms with Gasteiger partial charge < -0.3 is 13.8 Å². The zero-order valence-corrected chi connectivity index (χ0v) is 15.8. The molecule has 4 bridgehead atoms. The average molecular weight is 356 g/mol.